The second-order valence-electron chi connectivity index (χ2n) is 3.82. The molecule has 0 saturated heterocycles. The maximum atomic E-state index is 9.76. The van der Waals surface area contributed by atoms with E-state index in [1.54, 1.807) is 6.07 Å². The zero-order valence-electron chi connectivity index (χ0n) is 7.71. The van der Waals surface area contributed by atoms with Gasteiger partial charge < -0.3 is 5.11 Å². The number of benzene rings is 1. The van der Waals surface area contributed by atoms with Gasteiger partial charge in [0.15, 0.2) is 0 Å². The van der Waals surface area contributed by atoms with E-state index in [9.17, 15) is 5.11 Å². The predicted molar refractivity (Wildman–Crippen MR) is 58.9 cm³/mol. The monoisotopic (exact) mass is 230 g/mol. The average Bonchev–Trinajstić information content (AvgIpc) is 2.95. The summed E-state index contributed by atoms with van der Waals surface area (Å²) < 4.78 is 0. The van der Waals surface area contributed by atoms with Crippen LogP contribution in [0.4, 0.5) is 0 Å². The molecule has 76 valence electrons. The summed E-state index contributed by atoms with van der Waals surface area (Å²) in [6.07, 6.45) is 2.63. The molecule has 3 heteroatoms. The molecule has 2 rings (SSSR count). The summed E-state index contributed by atoms with van der Waals surface area (Å²) in [6, 6.07) is 5.54. The number of aliphatic hydroxyl groups excluding tert-OH is 1. The SMILES string of the molecule is OC(Cc1cccc(Cl)c1Cl)C1CC1. The molecule has 0 amide bonds. The Morgan fingerprint density at radius 1 is 1.36 bits per heavy atom. The first-order valence-corrected chi connectivity index (χ1v) is 5.55. The fourth-order valence-electron chi connectivity index (χ4n) is 1.58. The molecule has 0 heterocycles. The molecule has 1 aromatic rings. The molecule has 1 aromatic carbocycles. The van der Waals surface area contributed by atoms with Gasteiger partial charge in [0.1, 0.15) is 0 Å². The minimum atomic E-state index is -0.258. The number of hydrogen-bond acceptors (Lipinski definition) is 1. The van der Waals surface area contributed by atoms with E-state index in [2.05, 4.69) is 0 Å². The molecule has 1 aliphatic rings. The Morgan fingerprint density at radius 2 is 2.07 bits per heavy atom. The van der Waals surface area contributed by atoms with E-state index < -0.39 is 0 Å². The second-order valence-corrected chi connectivity index (χ2v) is 4.61. The van der Waals surface area contributed by atoms with E-state index in [4.69, 9.17) is 23.2 Å². The van der Waals surface area contributed by atoms with Crippen molar-refractivity contribution < 1.29 is 5.11 Å². The van der Waals surface area contributed by atoms with Crippen LogP contribution in [0.5, 0.6) is 0 Å². The maximum absolute atomic E-state index is 9.76. The van der Waals surface area contributed by atoms with E-state index in [1.807, 2.05) is 12.1 Å². The standard InChI is InChI=1S/C11H12Cl2O/c12-9-3-1-2-8(11(9)13)6-10(14)7-4-5-7/h1-3,7,10,14H,4-6H2. The van der Waals surface area contributed by atoms with E-state index in [0.29, 0.717) is 22.4 Å². The average molecular weight is 231 g/mol. The molecule has 0 radical (unpaired) electrons. The Bertz CT molecular complexity index is 334. The van der Waals surface area contributed by atoms with Crippen molar-refractivity contribution in [1.29, 1.82) is 0 Å². The maximum Gasteiger partial charge on any atom is 0.0625 e. The summed E-state index contributed by atoms with van der Waals surface area (Å²) in [5, 5.41) is 10.9. The van der Waals surface area contributed by atoms with E-state index >= 15 is 0 Å². The van der Waals surface area contributed by atoms with Crippen LogP contribution in [0.1, 0.15) is 18.4 Å². The van der Waals surface area contributed by atoms with Crippen LogP contribution in [0.25, 0.3) is 0 Å². The molecule has 1 nitrogen and oxygen atoms in total. The minimum absolute atomic E-state index is 0.258. The molecule has 0 spiro atoms. The van der Waals surface area contributed by atoms with Crippen molar-refractivity contribution in [3.63, 3.8) is 0 Å². The van der Waals surface area contributed by atoms with Crippen LogP contribution in [-0.2, 0) is 6.42 Å². The number of hydrogen-bond donors (Lipinski definition) is 1. The smallest absolute Gasteiger partial charge is 0.0625 e. The Morgan fingerprint density at radius 3 is 2.71 bits per heavy atom. The minimum Gasteiger partial charge on any atom is -0.392 e. The first-order valence-electron chi connectivity index (χ1n) is 4.79. The van der Waals surface area contributed by atoms with Gasteiger partial charge in [0.25, 0.3) is 0 Å². The summed E-state index contributed by atoms with van der Waals surface area (Å²) in [5.74, 6) is 0.477. The molecular formula is C11H12Cl2O. The van der Waals surface area contributed by atoms with Gasteiger partial charge in [-0.15, -0.1) is 0 Å². The van der Waals surface area contributed by atoms with Crippen molar-refractivity contribution in [2.45, 2.75) is 25.4 Å². The Labute approximate surface area is 93.7 Å². The third kappa shape index (κ3) is 2.22. The summed E-state index contributed by atoms with van der Waals surface area (Å²) >= 11 is 11.9. The number of halogens is 2. The highest BCUT2D eigenvalue weighted by atomic mass is 35.5. The van der Waals surface area contributed by atoms with E-state index in [1.165, 1.54) is 0 Å². The van der Waals surface area contributed by atoms with E-state index in [-0.39, 0.29) is 6.10 Å². The third-order valence-electron chi connectivity index (χ3n) is 2.63. The summed E-state index contributed by atoms with van der Waals surface area (Å²) in [5.41, 5.74) is 0.943. The van der Waals surface area contributed by atoms with Gasteiger partial charge in [0, 0.05) is 6.42 Å². The van der Waals surface area contributed by atoms with Gasteiger partial charge in [0.05, 0.1) is 16.1 Å². The van der Waals surface area contributed by atoms with Crippen molar-refractivity contribution in [1.82, 2.24) is 0 Å². The van der Waals surface area contributed by atoms with Gasteiger partial charge in [0.2, 0.25) is 0 Å². The lowest BCUT2D eigenvalue weighted by Crippen LogP contribution is -2.12. The molecular weight excluding hydrogens is 219 g/mol. The molecule has 1 fully saturated rings. The highest BCUT2D eigenvalue weighted by molar-refractivity contribution is 6.42. The molecule has 0 bridgehead atoms. The molecule has 0 aromatic heterocycles. The van der Waals surface area contributed by atoms with Gasteiger partial charge >= 0.3 is 0 Å². The van der Waals surface area contributed by atoms with Crippen LogP contribution in [0.3, 0.4) is 0 Å². The highest BCUT2D eigenvalue weighted by Crippen LogP contribution is 2.35. The van der Waals surface area contributed by atoms with Gasteiger partial charge in [-0.3, -0.25) is 0 Å². The number of aliphatic hydroxyl groups is 1. The fourth-order valence-corrected chi connectivity index (χ4v) is 1.98. The number of rotatable bonds is 3. The first kappa shape index (κ1) is 10.3. The van der Waals surface area contributed by atoms with Gasteiger partial charge in [-0.05, 0) is 30.4 Å². The van der Waals surface area contributed by atoms with Crippen LogP contribution in [-0.4, -0.2) is 11.2 Å². The lowest BCUT2D eigenvalue weighted by molar-refractivity contribution is 0.151. The van der Waals surface area contributed by atoms with Crippen LogP contribution in [0.2, 0.25) is 10.0 Å². The van der Waals surface area contributed by atoms with Crippen molar-refractivity contribution in [3.8, 4) is 0 Å². The Hall–Kier alpha value is -0.240. The largest absolute Gasteiger partial charge is 0.392 e. The lowest BCUT2D eigenvalue weighted by Gasteiger charge is -2.10. The van der Waals surface area contributed by atoms with Crippen LogP contribution < -0.4 is 0 Å². The first-order chi connectivity index (χ1) is 6.68. The molecule has 1 saturated carbocycles. The third-order valence-corrected chi connectivity index (χ3v) is 3.48. The van der Waals surface area contributed by atoms with Crippen molar-refractivity contribution in [2.24, 2.45) is 5.92 Å². The summed E-state index contributed by atoms with van der Waals surface area (Å²) in [7, 11) is 0. The van der Waals surface area contributed by atoms with Crippen molar-refractivity contribution in [3.05, 3.63) is 33.8 Å². The zero-order valence-corrected chi connectivity index (χ0v) is 9.22. The Kier molecular flexibility index (Phi) is 3.01. The Balaban J connectivity index is 2.11. The molecule has 0 aliphatic heterocycles. The van der Waals surface area contributed by atoms with Gasteiger partial charge in [-0.1, -0.05) is 35.3 Å². The topological polar surface area (TPSA) is 20.2 Å². The summed E-state index contributed by atoms with van der Waals surface area (Å²) in [6.45, 7) is 0. The van der Waals surface area contributed by atoms with Gasteiger partial charge in [-0.25, -0.2) is 0 Å². The van der Waals surface area contributed by atoms with Crippen LogP contribution in [0, 0.1) is 5.92 Å². The van der Waals surface area contributed by atoms with Crippen LogP contribution in [0.15, 0.2) is 18.2 Å². The molecule has 1 N–H and O–H groups in total. The highest BCUT2D eigenvalue weighted by Gasteiger charge is 2.30. The summed E-state index contributed by atoms with van der Waals surface area (Å²) in [4.78, 5) is 0. The van der Waals surface area contributed by atoms with E-state index in [0.717, 1.165) is 18.4 Å². The molecule has 1 aliphatic carbocycles. The van der Waals surface area contributed by atoms with Crippen molar-refractivity contribution in [2.75, 3.05) is 0 Å². The lowest BCUT2D eigenvalue weighted by atomic mass is 10.0. The van der Waals surface area contributed by atoms with Crippen LogP contribution >= 0.6 is 23.2 Å². The zero-order chi connectivity index (χ0) is 10.1. The predicted octanol–water partition coefficient (Wildman–Crippen LogP) is 3.31. The molecule has 1 unspecified atom stereocenters. The molecule has 1 atom stereocenters. The van der Waals surface area contributed by atoms with Crippen molar-refractivity contribution >= 4 is 23.2 Å². The second kappa shape index (κ2) is 4.09. The quantitative estimate of drug-likeness (QED) is 0.846. The van der Waals surface area contributed by atoms with Gasteiger partial charge in [-0.2, -0.15) is 0 Å². The normalized spacial score (nSPS) is 18.2. The molecule has 14 heavy (non-hydrogen) atoms. The fraction of sp³-hybridized carbons (Fsp3) is 0.455.